The first-order valence-corrected chi connectivity index (χ1v) is 4.98. The third-order valence-corrected chi connectivity index (χ3v) is 2.15. The zero-order valence-corrected chi connectivity index (χ0v) is 8.89. The first kappa shape index (κ1) is 11.0. The van der Waals surface area contributed by atoms with Gasteiger partial charge in [-0.05, 0) is 17.7 Å². The van der Waals surface area contributed by atoms with E-state index in [9.17, 15) is 4.39 Å². The molecule has 0 radical (unpaired) electrons. The van der Waals surface area contributed by atoms with E-state index in [0.717, 1.165) is 18.0 Å². The van der Waals surface area contributed by atoms with Crippen LogP contribution in [0.1, 0.15) is 11.1 Å². The van der Waals surface area contributed by atoms with Crippen LogP contribution >= 0.6 is 0 Å². The van der Waals surface area contributed by atoms with E-state index in [0.29, 0.717) is 18.1 Å². The second kappa shape index (κ2) is 5.03. The number of anilines is 1. The summed E-state index contributed by atoms with van der Waals surface area (Å²) in [5.74, 6) is -0.0929. The number of hydrogen-bond acceptors (Lipinski definition) is 4. The maximum Gasteiger partial charge on any atom is 0.223 e. The summed E-state index contributed by atoms with van der Waals surface area (Å²) in [4.78, 5) is 7.55. The number of nitriles is 1. The number of benzene rings is 1. The predicted molar refractivity (Wildman–Crippen MR) is 60.5 cm³/mol. The molecule has 5 heteroatoms. The van der Waals surface area contributed by atoms with Crippen LogP contribution in [0.15, 0.2) is 36.7 Å². The van der Waals surface area contributed by atoms with Crippen LogP contribution in [0.4, 0.5) is 10.3 Å². The lowest BCUT2D eigenvalue weighted by Gasteiger charge is -2.04. The molecule has 84 valence electrons. The van der Waals surface area contributed by atoms with E-state index < -0.39 is 5.82 Å². The highest BCUT2D eigenvalue weighted by molar-refractivity contribution is 5.33. The fourth-order valence-corrected chi connectivity index (χ4v) is 1.28. The van der Waals surface area contributed by atoms with Crippen molar-refractivity contribution in [3.63, 3.8) is 0 Å². The van der Waals surface area contributed by atoms with Crippen LogP contribution in [0, 0.1) is 17.1 Å². The number of hydrogen-bond donors (Lipinski definition) is 1. The molecule has 0 unspecified atom stereocenters. The van der Waals surface area contributed by atoms with Gasteiger partial charge in [0, 0.05) is 6.54 Å². The highest BCUT2D eigenvalue weighted by Crippen LogP contribution is 2.06. The van der Waals surface area contributed by atoms with Crippen LogP contribution in [0.3, 0.4) is 0 Å². The summed E-state index contributed by atoms with van der Waals surface area (Å²) >= 11 is 0. The monoisotopic (exact) mass is 228 g/mol. The molecule has 0 saturated heterocycles. The molecule has 0 saturated carbocycles. The average molecular weight is 228 g/mol. The summed E-state index contributed by atoms with van der Waals surface area (Å²) in [6.45, 7) is 0.525. The molecule has 0 fully saturated rings. The molecule has 4 nitrogen and oxygen atoms in total. The largest absolute Gasteiger partial charge is 0.350 e. The molecule has 0 aliphatic heterocycles. The molecule has 0 spiro atoms. The highest BCUT2D eigenvalue weighted by Gasteiger charge is 1.97. The lowest BCUT2D eigenvalue weighted by atomic mass is 10.1. The van der Waals surface area contributed by atoms with Crippen molar-refractivity contribution in [2.24, 2.45) is 0 Å². The van der Waals surface area contributed by atoms with E-state index >= 15 is 0 Å². The summed E-state index contributed by atoms with van der Waals surface area (Å²) in [5, 5.41) is 11.6. The zero-order valence-electron chi connectivity index (χ0n) is 8.89. The quantitative estimate of drug-likeness (QED) is 0.873. The lowest BCUT2D eigenvalue weighted by molar-refractivity contribution is 0.614. The molecular formula is C12H9FN4. The molecular weight excluding hydrogens is 219 g/mol. The molecule has 17 heavy (non-hydrogen) atoms. The van der Waals surface area contributed by atoms with Crippen molar-refractivity contribution < 1.29 is 4.39 Å². The summed E-state index contributed by atoms with van der Waals surface area (Å²) in [5.41, 5.74) is 1.61. The van der Waals surface area contributed by atoms with E-state index in [4.69, 9.17) is 5.26 Å². The van der Waals surface area contributed by atoms with Crippen LogP contribution in [-0.4, -0.2) is 9.97 Å². The highest BCUT2D eigenvalue weighted by atomic mass is 19.1. The Morgan fingerprint density at radius 1 is 1.18 bits per heavy atom. The molecule has 0 amide bonds. The number of nitrogens with zero attached hydrogens (tertiary/aromatic N) is 3. The average Bonchev–Trinajstić information content (AvgIpc) is 2.39. The summed E-state index contributed by atoms with van der Waals surface area (Å²) < 4.78 is 12.5. The van der Waals surface area contributed by atoms with Gasteiger partial charge >= 0.3 is 0 Å². The van der Waals surface area contributed by atoms with E-state index in [1.807, 2.05) is 18.2 Å². The maximum absolute atomic E-state index is 12.5. The standard InChI is InChI=1S/C12H9FN4/c13-11-7-16-12(17-8-11)15-6-10-3-1-9(5-14)2-4-10/h1-4,7-8H,6H2,(H,15,16,17). The Bertz CT molecular complexity index is 528. The number of rotatable bonds is 3. The van der Waals surface area contributed by atoms with E-state index in [2.05, 4.69) is 15.3 Å². The Morgan fingerprint density at radius 2 is 1.82 bits per heavy atom. The molecule has 0 atom stereocenters. The van der Waals surface area contributed by atoms with Gasteiger partial charge < -0.3 is 5.32 Å². The van der Waals surface area contributed by atoms with Gasteiger partial charge in [-0.2, -0.15) is 5.26 Å². The van der Waals surface area contributed by atoms with E-state index in [1.54, 1.807) is 12.1 Å². The van der Waals surface area contributed by atoms with Gasteiger partial charge in [-0.25, -0.2) is 14.4 Å². The van der Waals surface area contributed by atoms with Crippen molar-refractivity contribution in [1.82, 2.24) is 9.97 Å². The molecule has 0 bridgehead atoms. The van der Waals surface area contributed by atoms with Gasteiger partial charge in [-0.15, -0.1) is 0 Å². The topological polar surface area (TPSA) is 61.6 Å². The number of aromatic nitrogens is 2. The first-order valence-electron chi connectivity index (χ1n) is 4.98. The van der Waals surface area contributed by atoms with Gasteiger partial charge in [0.15, 0.2) is 5.82 Å². The summed E-state index contributed by atoms with van der Waals surface area (Å²) in [6.07, 6.45) is 2.21. The van der Waals surface area contributed by atoms with E-state index in [-0.39, 0.29) is 0 Å². The van der Waals surface area contributed by atoms with Crippen LogP contribution in [0.2, 0.25) is 0 Å². The number of nitrogens with one attached hydrogen (secondary N) is 1. The summed E-state index contributed by atoms with van der Waals surface area (Å²) in [7, 11) is 0. The Morgan fingerprint density at radius 3 is 2.41 bits per heavy atom. The zero-order chi connectivity index (χ0) is 12.1. The fourth-order valence-electron chi connectivity index (χ4n) is 1.28. The van der Waals surface area contributed by atoms with Crippen LogP contribution < -0.4 is 5.32 Å². The molecule has 1 aromatic carbocycles. The summed E-state index contributed by atoms with van der Waals surface area (Å²) in [6, 6.07) is 9.21. The van der Waals surface area contributed by atoms with Crippen molar-refractivity contribution in [1.29, 1.82) is 5.26 Å². The number of halogens is 1. The fraction of sp³-hybridized carbons (Fsp3) is 0.0833. The third-order valence-electron chi connectivity index (χ3n) is 2.15. The van der Waals surface area contributed by atoms with Crippen LogP contribution in [0.25, 0.3) is 0 Å². The Kier molecular flexibility index (Phi) is 3.26. The van der Waals surface area contributed by atoms with Gasteiger partial charge in [0.2, 0.25) is 5.95 Å². The molecule has 1 N–H and O–H groups in total. The second-order valence-corrected chi connectivity index (χ2v) is 3.39. The minimum atomic E-state index is -0.464. The minimum Gasteiger partial charge on any atom is -0.350 e. The van der Waals surface area contributed by atoms with Crippen molar-refractivity contribution in [3.05, 3.63) is 53.6 Å². The Balaban J connectivity index is 1.98. The van der Waals surface area contributed by atoms with Crippen molar-refractivity contribution in [2.45, 2.75) is 6.54 Å². The van der Waals surface area contributed by atoms with Crippen molar-refractivity contribution in [2.75, 3.05) is 5.32 Å². The third kappa shape index (κ3) is 2.98. The van der Waals surface area contributed by atoms with Crippen LogP contribution in [0.5, 0.6) is 0 Å². The van der Waals surface area contributed by atoms with Gasteiger partial charge in [0.25, 0.3) is 0 Å². The SMILES string of the molecule is N#Cc1ccc(CNc2ncc(F)cn2)cc1. The van der Waals surface area contributed by atoms with Gasteiger partial charge in [0.1, 0.15) is 0 Å². The lowest BCUT2D eigenvalue weighted by Crippen LogP contribution is -2.03. The minimum absolute atomic E-state index is 0.371. The van der Waals surface area contributed by atoms with E-state index in [1.165, 1.54) is 0 Å². The molecule has 2 aromatic rings. The van der Waals surface area contributed by atoms with Gasteiger partial charge in [0.05, 0.1) is 24.0 Å². The Hall–Kier alpha value is -2.48. The van der Waals surface area contributed by atoms with Gasteiger partial charge in [-0.1, -0.05) is 12.1 Å². The first-order chi connectivity index (χ1) is 8.28. The predicted octanol–water partition coefficient (Wildman–Crippen LogP) is 2.10. The normalized spacial score (nSPS) is 9.65. The molecule has 0 aliphatic rings. The molecule has 1 aromatic heterocycles. The Labute approximate surface area is 97.8 Å². The van der Waals surface area contributed by atoms with Gasteiger partial charge in [-0.3, -0.25) is 0 Å². The van der Waals surface area contributed by atoms with Crippen molar-refractivity contribution in [3.8, 4) is 6.07 Å². The van der Waals surface area contributed by atoms with Crippen molar-refractivity contribution >= 4 is 5.95 Å². The van der Waals surface area contributed by atoms with Crippen LogP contribution in [-0.2, 0) is 6.54 Å². The molecule has 2 rings (SSSR count). The second-order valence-electron chi connectivity index (χ2n) is 3.39. The molecule has 0 aliphatic carbocycles. The maximum atomic E-state index is 12.5. The smallest absolute Gasteiger partial charge is 0.223 e. The molecule has 1 heterocycles.